The van der Waals surface area contributed by atoms with Gasteiger partial charge in [0.1, 0.15) is 5.75 Å². The van der Waals surface area contributed by atoms with Gasteiger partial charge in [-0.3, -0.25) is 0 Å². The standard InChI is InChI=1S/C24H27NO3/c1-3-28-24(26)18-13-21-9-14-22(15-10-21)25-19-7-5-4-6-8-20-11-16-23(27-2)17-12-20/h9-18,25H,3,6-8,19H2,1-2H3/b18-13+. The van der Waals surface area contributed by atoms with E-state index in [9.17, 15) is 4.79 Å². The Morgan fingerprint density at radius 3 is 2.43 bits per heavy atom. The molecule has 0 aromatic heterocycles. The van der Waals surface area contributed by atoms with Gasteiger partial charge in [0.25, 0.3) is 0 Å². The molecule has 0 unspecified atom stereocenters. The normalized spacial score (nSPS) is 10.2. The van der Waals surface area contributed by atoms with E-state index < -0.39 is 0 Å². The van der Waals surface area contributed by atoms with Crippen molar-refractivity contribution in [3.05, 3.63) is 65.7 Å². The molecule has 0 bridgehead atoms. The number of aryl methyl sites for hydroxylation is 1. The Kier molecular flexibility index (Phi) is 9.23. The number of rotatable bonds is 9. The third-order valence-corrected chi connectivity index (χ3v) is 4.01. The van der Waals surface area contributed by atoms with Crippen LogP contribution < -0.4 is 10.1 Å². The zero-order chi connectivity index (χ0) is 20.0. The third kappa shape index (κ3) is 8.01. The lowest BCUT2D eigenvalue weighted by atomic mass is 10.1. The third-order valence-electron chi connectivity index (χ3n) is 4.01. The number of methoxy groups -OCH3 is 1. The van der Waals surface area contributed by atoms with Crippen molar-refractivity contribution in [2.45, 2.75) is 26.2 Å². The smallest absolute Gasteiger partial charge is 0.330 e. The second-order valence-electron chi connectivity index (χ2n) is 6.09. The highest BCUT2D eigenvalue weighted by Gasteiger charge is 1.95. The SMILES string of the molecule is CCOC(=O)/C=C/c1ccc(NCCC#CCCc2ccc(OC)cc2)cc1. The molecule has 0 aliphatic rings. The molecule has 2 rings (SSSR count). The summed E-state index contributed by atoms with van der Waals surface area (Å²) in [6.07, 6.45) is 5.79. The first-order chi connectivity index (χ1) is 13.7. The van der Waals surface area contributed by atoms with Crippen LogP contribution in [0, 0.1) is 11.8 Å². The predicted molar refractivity (Wildman–Crippen MR) is 114 cm³/mol. The van der Waals surface area contributed by atoms with E-state index in [0.29, 0.717) is 6.61 Å². The number of ether oxygens (including phenoxy) is 2. The van der Waals surface area contributed by atoms with E-state index in [0.717, 1.165) is 42.8 Å². The number of hydrogen-bond acceptors (Lipinski definition) is 4. The van der Waals surface area contributed by atoms with Gasteiger partial charge in [0.15, 0.2) is 0 Å². The van der Waals surface area contributed by atoms with E-state index >= 15 is 0 Å². The Morgan fingerprint density at radius 1 is 1.04 bits per heavy atom. The van der Waals surface area contributed by atoms with E-state index in [1.807, 2.05) is 36.4 Å². The molecule has 1 N–H and O–H groups in total. The summed E-state index contributed by atoms with van der Waals surface area (Å²) in [5.41, 5.74) is 3.26. The largest absolute Gasteiger partial charge is 0.497 e. The molecule has 0 saturated heterocycles. The van der Waals surface area contributed by atoms with Crippen LogP contribution in [0.25, 0.3) is 6.08 Å². The summed E-state index contributed by atoms with van der Waals surface area (Å²) in [7, 11) is 1.67. The molecule has 0 spiro atoms. The number of esters is 1. The molecule has 4 heteroatoms. The maximum Gasteiger partial charge on any atom is 0.330 e. The lowest BCUT2D eigenvalue weighted by Gasteiger charge is -2.04. The number of anilines is 1. The second kappa shape index (κ2) is 12.2. The first kappa shape index (κ1) is 21.1. The molecular formula is C24H27NO3. The molecule has 0 aliphatic carbocycles. The molecule has 0 heterocycles. The summed E-state index contributed by atoms with van der Waals surface area (Å²) in [5.74, 6) is 6.98. The van der Waals surface area contributed by atoms with Crippen LogP contribution in [-0.2, 0) is 16.0 Å². The van der Waals surface area contributed by atoms with Crippen molar-refractivity contribution in [2.75, 3.05) is 25.6 Å². The minimum atomic E-state index is -0.324. The van der Waals surface area contributed by atoms with Crippen LogP contribution in [-0.4, -0.2) is 26.2 Å². The molecule has 0 atom stereocenters. The highest BCUT2D eigenvalue weighted by Crippen LogP contribution is 2.12. The Bertz CT molecular complexity index is 812. The molecule has 0 saturated carbocycles. The van der Waals surface area contributed by atoms with Gasteiger partial charge in [-0.15, -0.1) is 11.8 Å². The van der Waals surface area contributed by atoms with Crippen molar-refractivity contribution >= 4 is 17.7 Å². The fraction of sp³-hybridized carbons (Fsp3) is 0.292. The molecular weight excluding hydrogens is 350 g/mol. The van der Waals surface area contributed by atoms with E-state index in [-0.39, 0.29) is 5.97 Å². The topological polar surface area (TPSA) is 47.6 Å². The quantitative estimate of drug-likeness (QED) is 0.298. The van der Waals surface area contributed by atoms with Crippen molar-refractivity contribution in [2.24, 2.45) is 0 Å². The van der Waals surface area contributed by atoms with Crippen molar-refractivity contribution in [3.8, 4) is 17.6 Å². The minimum Gasteiger partial charge on any atom is -0.497 e. The number of benzene rings is 2. The minimum absolute atomic E-state index is 0.324. The lowest BCUT2D eigenvalue weighted by Crippen LogP contribution is -2.00. The first-order valence-electron chi connectivity index (χ1n) is 9.48. The molecule has 4 nitrogen and oxygen atoms in total. The zero-order valence-corrected chi connectivity index (χ0v) is 16.5. The van der Waals surface area contributed by atoms with E-state index in [1.165, 1.54) is 11.6 Å². The van der Waals surface area contributed by atoms with Crippen LogP contribution in [0.15, 0.2) is 54.6 Å². The number of carbonyl (C=O) groups excluding carboxylic acids is 1. The summed E-state index contributed by atoms with van der Waals surface area (Å²) in [6.45, 7) is 2.97. The maximum absolute atomic E-state index is 11.3. The van der Waals surface area contributed by atoms with Crippen LogP contribution in [0.3, 0.4) is 0 Å². The molecule has 0 radical (unpaired) electrons. The molecule has 0 aliphatic heterocycles. The molecule has 28 heavy (non-hydrogen) atoms. The van der Waals surface area contributed by atoms with Gasteiger partial charge in [-0.05, 0) is 54.8 Å². The van der Waals surface area contributed by atoms with Crippen molar-refractivity contribution in [1.29, 1.82) is 0 Å². The van der Waals surface area contributed by atoms with E-state index in [1.54, 1.807) is 20.1 Å². The molecule has 2 aromatic rings. The highest BCUT2D eigenvalue weighted by molar-refractivity contribution is 5.87. The average Bonchev–Trinajstić information content (AvgIpc) is 2.73. The summed E-state index contributed by atoms with van der Waals surface area (Å²) < 4.78 is 10.0. The van der Waals surface area contributed by atoms with Crippen LogP contribution >= 0.6 is 0 Å². The van der Waals surface area contributed by atoms with Crippen LogP contribution in [0.1, 0.15) is 30.9 Å². The summed E-state index contributed by atoms with van der Waals surface area (Å²) in [4.78, 5) is 11.3. The maximum atomic E-state index is 11.3. The summed E-state index contributed by atoms with van der Waals surface area (Å²) >= 11 is 0. The molecule has 0 amide bonds. The van der Waals surface area contributed by atoms with Gasteiger partial charge in [-0.2, -0.15) is 0 Å². The zero-order valence-electron chi connectivity index (χ0n) is 16.5. The van der Waals surface area contributed by atoms with Crippen molar-refractivity contribution < 1.29 is 14.3 Å². The molecule has 146 valence electrons. The van der Waals surface area contributed by atoms with E-state index in [2.05, 4.69) is 29.3 Å². The number of carbonyl (C=O) groups is 1. The highest BCUT2D eigenvalue weighted by atomic mass is 16.5. The van der Waals surface area contributed by atoms with Crippen LogP contribution in [0.5, 0.6) is 5.75 Å². The Morgan fingerprint density at radius 2 is 1.75 bits per heavy atom. The van der Waals surface area contributed by atoms with Gasteiger partial charge >= 0.3 is 5.97 Å². The van der Waals surface area contributed by atoms with Gasteiger partial charge in [-0.25, -0.2) is 4.79 Å². The van der Waals surface area contributed by atoms with Crippen molar-refractivity contribution in [3.63, 3.8) is 0 Å². The average molecular weight is 377 g/mol. The number of hydrogen-bond donors (Lipinski definition) is 1. The number of nitrogens with one attached hydrogen (secondary N) is 1. The summed E-state index contributed by atoms with van der Waals surface area (Å²) in [5, 5.41) is 3.35. The Hall–Kier alpha value is -3.19. The van der Waals surface area contributed by atoms with Gasteiger partial charge in [0.2, 0.25) is 0 Å². The van der Waals surface area contributed by atoms with Crippen LogP contribution in [0.2, 0.25) is 0 Å². The Labute approximate surface area is 167 Å². The predicted octanol–water partition coefficient (Wildman–Crippen LogP) is 4.71. The fourth-order valence-corrected chi connectivity index (χ4v) is 2.51. The monoisotopic (exact) mass is 377 g/mol. The first-order valence-corrected chi connectivity index (χ1v) is 9.48. The van der Waals surface area contributed by atoms with Gasteiger partial charge in [0.05, 0.1) is 13.7 Å². The molecule has 2 aromatic carbocycles. The fourth-order valence-electron chi connectivity index (χ4n) is 2.51. The van der Waals surface area contributed by atoms with Gasteiger partial charge < -0.3 is 14.8 Å². The lowest BCUT2D eigenvalue weighted by molar-refractivity contribution is -0.137. The van der Waals surface area contributed by atoms with Crippen molar-refractivity contribution in [1.82, 2.24) is 0 Å². The van der Waals surface area contributed by atoms with Gasteiger partial charge in [-0.1, -0.05) is 24.3 Å². The van der Waals surface area contributed by atoms with E-state index in [4.69, 9.17) is 9.47 Å². The Balaban J connectivity index is 1.65. The van der Waals surface area contributed by atoms with Crippen LogP contribution in [0.4, 0.5) is 5.69 Å². The second-order valence-corrected chi connectivity index (χ2v) is 6.09. The summed E-state index contributed by atoms with van der Waals surface area (Å²) in [6, 6.07) is 16.0. The van der Waals surface area contributed by atoms with Gasteiger partial charge in [0, 0.05) is 31.1 Å². The molecule has 0 fully saturated rings.